The first-order valence-corrected chi connectivity index (χ1v) is 6.72. The molecule has 1 unspecified atom stereocenters. The summed E-state index contributed by atoms with van der Waals surface area (Å²) in [5.74, 6) is 0. The van der Waals surface area contributed by atoms with Crippen LogP contribution in [0.2, 0.25) is 5.02 Å². The average Bonchev–Trinajstić information content (AvgIpc) is 2.68. The molecule has 0 fully saturated rings. The second-order valence-corrected chi connectivity index (χ2v) is 5.31. The van der Waals surface area contributed by atoms with Crippen molar-refractivity contribution in [2.24, 2.45) is 0 Å². The van der Waals surface area contributed by atoms with Gasteiger partial charge in [0.25, 0.3) is 0 Å². The first kappa shape index (κ1) is 17.3. The predicted octanol–water partition coefficient (Wildman–Crippen LogP) is 2.70. The molecule has 1 atom stereocenters. The maximum atomic E-state index is 12.4. The van der Waals surface area contributed by atoms with Crippen molar-refractivity contribution in [3.63, 3.8) is 0 Å². The van der Waals surface area contributed by atoms with Gasteiger partial charge in [-0.25, -0.2) is 0 Å². The molecule has 116 valence electrons. The maximum absolute atomic E-state index is 12.4. The number of nitrogens with zero attached hydrogens (tertiary/aromatic N) is 3. The smallest absolute Gasteiger partial charge is 0.312 e. The fraction of sp³-hybridized carbons (Fsp3) is 0.750. The van der Waals surface area contributed by atoms with Gasteiger partial charge in [0.15, 0.2) is 0 Å². The van der Waals surface area contributed by atoms with E-state index >= 15 is 0 Å². The van der Waals surface area contributed by atoms with E-state index in [1.807, 2.05) is 19.0 Å². The standard InChI is InChI=1S/C12H20ClF3N4/c1-17-10(4-5-12(14,15)16)11-9(13)8-18-20(11)7-6-19(2)3/h8,10,17H,4-7H2,1-3H3. The molecule has 1 N–H and O–H groups in total. The number of hydrogen-bond acceptors (Lipinski definition) is 3. The minimum Gasteiger partial charge on any atom is -0.312 e. The van der Waals surface area contributed by atoms with E-state index in [9.17, 15) is 13.2 Å². The molecular weight excluding hydrogens is 293 g/mol. The van der Waals surface area contributed by atoms with Gasteiger partial charge in [-0.1, -0.05) is 11.6 Å². The maximum Gasteiger partial charge on any atom is 0.389 e. The lowest BCUT2D eigenvalue weighted by molar-refractivity contribution is -0.136. The van der Waals surface area contributed by atoms with E-state index in [0.717, 1.165) is 6.54 Å². The lowest BCUT2D eigenvalue weighted by Gasteiger charge is -2.20. The van der Waals surface area contributed by atoms with Crippen molar-refractivity contribution >= 4 is 11.6 Å². The number of alkyl halides is 3. The van der Waals surface area contributed by atoms with Crippen LogP contribution in [0, 0.1) is 0 Å². The van der Waals surface area contributed by atoms with Gasteiger partial charge in [-0.15, -0.1) is 0 Å². The Morgan fingerprint density at radius 3 is 2.60 bits per heavy atom. The number of likely N-dealkylation sites (N-methyl/N-ethyl adjacent to an activating group) is 1. The molecule has 0 aliphatic heterocycles. The third-order valence-electron chi connectivity index (χ3n) is 2.99. The lowest BCUT2D eigenvalue weighted by Crippen LogP contribution is -2.26. The van der Waals surface area contributed by atoms with Crippen molar-refractivity contribution in [1.29, 1.82) is 0 Å². The molecule has 0 aromatic carbocycles. The number of nitrogens with one attached hydrogen (secondary N) is 1. The minimum absolute atomic E-state index is 0.0621. The summed E-state index contributed by atoms with van der Waals surface area (Å²) < 4.78 is 38.7. The van der Waals surface area contributed by atoms with Gasteiger partial charge in [0.1, 0.15) is 0 Å². The van der Waals surface area contributed by atoms with Crippen LogP contribution in [0.15, 0.2) is 6.20 Å². The molecule has 1 aromatic rings. The molecule has 0 aliphatic carbocycles. The van der Waals surface area contributed by atoms with Gasteiger partial charge in [0.05, 0.1) is 29.5 Å². The summed E-state index contributed by atoms with van der Waals surface area (Å²) in [6.07, 6.45) is -3.61. The Balaban J connectivity index is 2.82. The van der Waals surface area contributed by atoms with Crippen LogP contribution >= 0.6 is 11.6 Å². The van der Waals surface area contributed by atoms with Gasteiger partial charge >= 0.3 is 6.18 Å². The van der Waals surface area contributed by atoms with Gasteiger partial charge in [-0.05, 0) is 27.6 Å². The quantitative estimate of drug-likeness (QED) is 0.840. The fourth-order valence-corrected chi connectivity index (χ4v) is 2.19. The lowest BCUT2D eigenvalue weighted by atomic mass is 10.1. The topological polar surface area (TPSA) is 33.1 Å². The Morgan fingerprint density at radius 1 is 1.45 bits per heavy atom. The molecule has 0 radical (unpaired) electrons. The van der Waals surface area contributed by atoms with Crippen LogP contribution in [0.4, 0.5) is 13.2 Å². The molecule has 0 aliphatic rings. The summed E-state index contributed by atoms with van der Waals surface area (Å²) >= 11 is 6.07. The van der Waals surface area contributed by atoms with Gasteiger partial charge in [-0.2, -0.15) is 18.3 Å². The predicted molar refractivity (Wildman–Crippen MR) is 72.9 cm³/mol. The highest BCUT2D eigenvalue weighted by atomic mass is 35.5. The molecule has 1 aromatic heterocycles. The third kappa shape index (κ3) is 5.30. The van der Waals surface area contributed by atoms with Gasteiger partial charge < -0.3 is 10.2 Å². The molecular formula is C12H20ClF3N4. The molecule has 0 saturated carbocycles. The highest BCUT2D eigenvalue weighted by Gasteiger charge is 2.30. The Hall–Kier alpha value is -0.790. The van der Waals surface area contributed by atoms with Gasteiger partial charge in [0.2, 0.25) is 0 Å². The fourth-order valence-electron chi connectivity index (χ4n) is 1.92. The molecule has 8 heteroatoms. The molecule has 0 saturated heterocycles. The number of halogens is 4. The van der Waals surface area contributed by atoms with E-state index in [0.29, 0.717) is 17.3 Å². The van der Waals surface area contributed by atoms with Crippen LogP contribution in [-0.4, -0.2) is 48.5 Å². The summed E-state index contributed by atoms with van der Waals surface area (Å²) in [6, 6.07) is -0.464. The van der Waals surface area contributed by atoms with Crippen molar-refractivity contribution in [1.82, 2.24) is 20.0 Å². The van der Waals surface area contributed by atoms with E-state index in [-0.39, 0.29) is 6.42 Å². The number of aromatic nitrogens is 2. The van der Waals surface area contributed by atoms with E-state index in [2.05, 4.69) is 10.4 Å². The molecule has 0 amide bonds. The van der Waals surface area contributed by atoms with Crippen LogP contribution in [-0.2, 0) is 6.54 Å². The summed E-state index contributed by atoms with van der Waals surface area (Å²) in [5.41, 5.74) is 0.611. The molecule has 1 rings (SSSR count). The van der Waals surface area contributed by atoms with E-state index in [4.69, 9.17) is 11.6 Å². The van der Waals surface area contributed by atoms with Crippen molar-refractivity contribution in [3.8, 4) is 0 Å². The molecule has 20 heavy (non-hydrogen) atoms. The monoisotopic (exact) mass is 312 g/mol. The van der Waals surface area contributed by atoms with Crippen LogP contribution < -0.4 is 5.32 Å². The summed E-state index contributed by atoms with van der Waals surface area (Å²) in [6.45, 7) is 1.32. The summed E-state index contributed by atoms with van der Waals surface area (Å²) in [4.78, 5) is 1.98. The van der Waals surface area contributed by atoms with Crippen molar-refractivity contribution < 1.29 is 13.2 Å². The Bertz CT molecular complexity index is 417. The van der Waals surface area contributed by atoms with Crippen molar-refractivity contribution in [3.05, 3.63) is 16.9 Å². The second-order valence-electron chi connectivity index (χ2n) is 4.90. The average molecular weight is 313 g/mol. The molecule has 0 bridgehead atoms. The second kappa shape index (κ2) is 7.28. The van der Waals surface area contributed by atoms with E-state index in [1.54, 1.807) is 11.7 Å². The SMILES string of the molecule is CNC(CCC(F)(F)F)c1c(Cl)cnn1CCN(C)C. The highest BCUT2D eigenvalue weighted by Crippen LogP contribution is 2.30. The summed E-state index contributed by atoms with van der Waals surface area (Å²) in [7, 11) is 5.47. The van der Waals surface area contributed by atoms with E-state index in [1.165, 1.54) is 6.20 Å². The van der Waals surface area contributed by atoms with Crippen LogP contribution in [0.25, 0.3) is 0 Å². The van der Waals surface area contributed by atoms with Gasteiger partial charge in [0, 0.05) is 13.0 Å². The number of rotatable bonds is 7. The zero-order valence-electron chi connectivity index (χ0n) is 11.8. The first-order valence-electron chi connectivity index (χ1n) is 6.34. The minimum atomic E-state index is -4.17. The molecule has 0 spiro atoms. The van der Waals surface area contributed by atoms with Gasteiger partial charge in [-0.3, -0.25) is 4.68 Å². The Morgan fingerprint density at radius 2 is 2.10 bits per heavy atom. The van der Waals surface area contributed by atoms with Crippen molar-refractivity contribution in [2.75, 3.05) is 27.7 Å². The Kier molecular flexibility index (Phi) is 6.29. The third-order valence-corrected chi connectivity index (χ3v) is 3.28. The Labute approximate surface area is 121 Å². The normalized spacial score (nSPS) is 14.0. The van der Waals surface area contributed by atoms with Crippen LogP contribution in [0.1, 0.15) is 24.6 Å². The largest absolute Gasteiger partial charge is 0.389 e. The van der Waals surface area contributed by atoms with Crippen LogP contribution in [0.5, 0.6) is 0 Å². The summed E-state index contributed by atoms with van der Waals surface area (Å²) in [5, 5.41) is 7.42. The van der Waals surface area contributed by atoms with Crippen molar-refractivity contribution in [2.45, 2.75) is 31.6 Å². The zero-order valence-corrected chi connectivity index (χ0v) is 12.6. The molecule has 4 nitrogen and oxygen atoms in total. The first-order chi connectivity index (χ1) is 9.24. The van der Waals surface area contributed by atoms with Crippen LogP contribution in [0.3, 0.4) is 0 Å². The number of hydrogen-bond donors (Lipinski definition) is 1. The highest BCUT2D eigenvalue weighted by molar-refractivity contribution is 6.31. The zero-order chi connectivity index (χ0) is 15.3. The van der Waals surface area contributed by atoms with E-state index < -0.39 is 18.6 Å². The molecule has 1 heterocycles.